The number of carbonyl (C=O) groups excluding carboxylic acids is 4. The predicted molar refractivity (Wildman–Crippen MR) is 68.8 cm³/mol. The van der Waals surface area contributed by atoms with Crippen molar-refractivity contribution in [2.24, 2.45) is 0 Å². The van der Waals surface area contributed by atoms with Gasteiger partial charge in [0.2, 0.25) is 0 Å². The Morgan fingerprint density at radius 1 is 0.714 bits per heavy atom. The molecule has 0 aliphatic carbocycles. The highest BCUT2D eigenvalue weighted by Gasteiger charge is 2.36. The fourth-order valence-electron chi connectivity index (χ4n) is 2.69. The van der Waals surface area contributed by atoms with Gasteiger partial charge in [0.1, 0.15) is 7.85 Å². The molecular formula is C14H3BO6. The molecule has 0 unspecified atom stereocenters. The average molecular weight is 278 g/mol. The summed E-state index contributed by atoms with van der Waals surface area (Å²) >= 11 is 0. The van der Waals surface area contributed by atoms with Crippen molar-refractivity contribution in [1.82, 2.24) is 0 Å². The van der Waals surface area contributed by atoms with Crippen LogP contribution in [0.4, 0.5) is 0 Å². The Morgan fingerprint density at radius 3 is 1.90 bits per heavy atom. The molecule has 2 heterocycles. The molecule has 2 radical (unpaired) electrons. The van der Waals surface area contributed by atoms with Crippen molar-refractivity contribution in [3.05, 3.63) is 40.5 Å². The van der Waals surface area contributed by atoms with E-state index in [0.717, 1.165) is 0 Å². The predicted octanol–water partition coefficient (Wildman–Crippen LogP) is 0.255. The molecule has 0 bridgehead atoms. The number of benzene rings is 2. The number of cyclic esters (lactones) is 4. The molecule has 0 aromatic heterocycles. The van der Waals surface area contributed by atoms with Gasteiger partial charge in [0, 0.05) is 10.8 Å². The van der Waals surface area contributed by atoms with Crippen molar-refractivity contribution in [2.45, 2.75) is 0 Å². The maximum absolute atomic E-state index is 11.9. The van der Waals surface area contributed by atoms with Gasteiger partial charge in [-0.2, -0.15) is 0 Å². The first-order chi connectivity index (χ1) is 9.99. The Bertz CT molecular complexity index is 927. The lowest BCUT2D eigenvalue weighted by molar-refractivity contribution is 0.0366. The highest BCUT2D eigenvalue weighted by atomic mass is 16.6. The second-order valence-corrected chi connectivity index (χ2v) is 4.65. The van der Waals surface area contributed by atoms with Gasteiger partial charge in [0.25, 0.3) is 0 Å². The summed E-state index contributed by atoms with van der Waals surface area (Å²) in [6, 6.07) is 3.94. The fourth-order valence-corrected chi connectivity index (χ4v) is 2.69. The number of esters is 4. The maximum Gasteiger partial charge on any atom is 0.346 e. The van der Waals surface area contributed by atoms with Crippen LogP contribution in [0.5, 0.6) is 0 Å². The molecule has 2 aromatic rings. The SMILES string of the molecule is [B]c1cc2c3c(ccc4c3c1C(=O)OC4=O)C(=O)OC2=O. The van der Waals surface area contributed by atoms with Crippen LogP contribution in [0, 0.1) is 0 Å². The first-order valence-corrected chi connectivity index (χ1v) is 5.91. The summed E-state index contributed by atoms with van der Waals surface area (Å²) in [5.41, 5.74) is 0.198. The van der Waals surface area contributed by atoms with Crippen LogP contribution in [0.3, 0.4) is 0 Å². The highest BCUT2D eigenvalue weighted by Crippen LogP contribution is 2.35. The minimum Gasteiger partial charge on any atom is -0.386 e. The minimum absolute atomic E-state index is 0.0142. The van der Waals surface area contributed by atoms with Crippen LogP contribution in [0.1, 0.15) is 41.4 Å². The Balaban J connectivity index is 2.33. The third-order valence-corrected chi connectivity index (χ3v) is 3.55. The molecule has 0 saturated carbocycles. The molecule has 7 heteroatoms. The molecule has 4 rings (SSSR count). The second-order valence-electron chi connectivity index (χ2n) is 4.65. The summed E-state index contributed by atoms with van der Waals surface area (Å²) < 4.78 is 9.22. The van der Waals surface area contributed by atoms with E-state index in [-0.39, 0.29) is 38.5 Å². The van der Waals surface area contributed by atoms with E-state index in [2.05, 4.69) is 9.47 Å². The smallest absolute Gasteiger partial charge is 0.346 e. The number of ether oxygens (including phenoxy) is 2. The van der Waals surface area contributed by atoms with Crippen molar-refractivity contribution in [3.8, 4) is 0 Å². The quantitative estimate of drug-likeness (QED) is 0.390. The van der Waals surface area contributed by atoms with Gasteiger partial charge in [-0.25, -0.2) is 19.2 Å². The molecule has 6 nitrogen and oxygen atoms in total. The van der Waals surface area contributed by atoms with Gasteiger partial charge in [-0.15, -0.1) is 0 Å². The van der Waals surface area contributed by atoms with E-state index in [1.807, 2.05) is 0 Å². The van der Waals surface area contributed by atoms with Crippen molar-refractivity contribution >= 4 is 48.0 Å². The van der Waals surface area contributed by atoms with Crippen LogP contribution < -0.4 is 5.46 Å². The number of hydrogen-bond acceptors (Lipinski definition) is 6. The minimum atomic E-state index is -0.903. The van der Waals surface area contributed by atoms with Gasteiger partial charge in [-0.1, -0.05) is 11.5 Å². The van der Waals surface area contributed by atoms with Crippen LogP contribution >= 0.6 is 0 Å². The molecule has 2 aliphatic rings. The summed E-state index contributed by atoms with van der Waals surface area (Å²) in [4.78, 5) is 47.3. The van der Waals surface area contributed by atoms with Crippen LogP contribution in [0.25, 0.3) is 10.8 Å². The van der Waals surface area contributed by atoms with E-state index in [1.54, 1.807) is 0 Å². The molecule has 2 aliphatic heterocycles. The van der Waals surface area contributed by atoms with Crippen molar-refractivity contribution < 1.29 is 28.7 Å². The molecule has 0 fully saturated rings. The summed E-state index contributed by atoms with van der Waals surface area (Å²) in [5.74, 6) is -3.45. The van der Waals surface area contributed by atoms with Crippen LogP contribution in [0.2, 0.25) is 0 Å². The van der Waals surface area contributed by atoms with E-state index >= 15 is 0 Å². The van der Waals surface area contributed by atoms with Crippen LogP contribution in [-0.4, -0.2) is 31.7 Å². The summed E-state index contributed by atoms with van der Waals surface area (Å²) in [7, 11) is 5.78. The standard InChI is InChI=1S/C14H3BO6/c15-7-3-6-8-4(11(16)20-13(6)18)1-2-5-9(8)10(7)14(19)21-12(5)17/h1-3H. The molecule has 0 saturated heterocycles. The third-order valence-electron chi connectivity index (χ3n) is 3.55. The average Bonchev–Trinajstić information content (AvgIpc) is 2.42. The topological polar surface area (TPSA) is 86.7 Å². The zero-order valence-corrected chi connectivity index (χ0v) is 10.3. The first-order valence-electron chi connectivity index (χ1n) is 5.91. The van der Waals surface area contributed by atoms with Crippen LogP contribution in [-0.2, 0) is 9.47 Å². The second kappa shape index (κ2) is 3.57. The molecule has 21 heavy (non-hydrogen) atoms. The van der Waals surface area contributed by atoms with Crippen molar-refractivity contribution in [1.29, 1.82) is 0 Å². The molecule has 0 N–H and O–H groups in total. The molecule has 0 amide bonds. The normalized spacial score (nSPS) is 16.0. The lowest BCUT2D eigenvalue weighted by Gasteiger charge is -2.23. The molecule has 0 spiro atoms. The Kier molecular flexibility index (Phi) is 2.01. The number of carbonyl (C=O) groups is 4. The number of rotatable bonds is 0. The molecule has 0 atom stereocenters. The van der Waals surface area contributed by atoms with E-state index < -0.39 is 23.9 Å². The van der Waals surface area contributed by atoms with Gasteiger partial charge < -0.3 is 9.47 Å². The summed E-state index contributed by atoms with van der Waals surface area (Å²) in [5, 5.41) is 0.358. The van der Waals surface area contributed by atoms with E-state index in [9.17, 15) is 19.2 Å². The van der Waals surface area contributed by atoms with Gasteiger partial charge in [0.15, 0.2) is 0 Å². The van der Waals surface area contributed by atoms with E-state index in [4.69, 9.17) is 7.85 Å². The van der Waals surface area contributed by atoms with Gasteiger partial charge in [0.05, 0.1) is 22.3 Å². The molecule has 2 aromatic carbocycles. The van der Waals surface area contributed by atoms with E-state index in [1.165, 1.54) is 18.2 Å². The Hall–Kier alpha value is -2.96. The fraction of sp³-hybridized carbons (Fsp3) is 0. The Labute approximate surface area is 118 Å². The lowest BCUT2D eigenvalue weighted by Crippen LogP contribution is -2.30. The number of hydrogen-bond donors (Lipinski definition) is 0. The van der Waals surface area contributed by atoms with Gasteiger partial charge in [-0.05, 0) is 12.1 Å². The maximum atomic E-state index is 11.9. The van der Waals surface area contributed by atoms with Crippen LogP contribution in [0.15, 0.2) is 18.2 Å². The van der Waals surface area contributed by atoms with Crippen molar-refractivity contribution in [3.63, 3.8) is 0 Å². The molecule has 98 valence electrons. The first kappa shape index (κ1) is 11.8. The summed E-state index contributed by atoms with van der Waals surface area (Å²) in [6.07, 6.45) is 0. The van der Waals surface area contributed by atoms with E-state index in [0.29, 0.717) is 0 Å². The van der Waals surface area contributed by atoms with Gasteiger partial charge in [-0.3, -0.25) is 0 Å². The monoisotopic (exact) mass is 278 g/mol. The van der Waals surface area contributed by atoms with Gasteiger partial charge >= 0.3 is 23.9 Å². The zero-order chi connectivity index (χ0) is 14.9. The zero-order valence-electron chi connectivity index (χ0n) is 10.3. The molecular weight excluding hydrogens is 275 g/mol. The highest BCUT2D eigenvalue weighted by molar-refractivity contribution is 6.42. The largest absolute Gasteiger partial charge is 0.386 e. The summed E-state index contributed by atoms with van der Waals surface area (Å²) in [6.45, 7) is 0. The van der Waals surface area contributed by atoms with Crippen molar-refractivity contribution in [2.75, 3.05) is 0 Å². The lowest BCUT2D eigenvalue weighted by atomic mass is 9.80. The Morgan fingerprint density at radius 2 is 1.24 bits per heavy atom. The third kappa shape index (κ3) is 1.32.